The Morgan fingerprint density at radius 1 is 1.35 bits per heavy atom. The van der Waals surface area contributed by atoms with E-state index in [4.69, 9.17) is 23.2 Å². The number of aromatic nitrogens is 1. The summed E-state index contributed by atoms with van der Waals surface area (Å²) in [6.45, 7) is 0.352. The lowest BCUT2D eigenvalue weighted by atomic mass is 10.1. The third-order valence-electron chi connectivity index (χ3n) is 2.81. The summed E-state index contributed by atoms with van der Waals surface area (Å²) in [6.07, 6.45) is 2.48. The van der Waals surface area contributed by atoms with Crippen molar-refractivity contribution in [3.8, 4) is 0 Å². The van der Waals surface area contributed by atoms with Gasteiger partial charge >= 0.3 is 0 Å². The second-order valence-corrected chi connectivity index (χ2v) is 5.38. The van der Waals surface area contributed by atoms with Crippen LogP contribution in [0.3, 0.4) is 0 Å². The number of amides is 1. The van der Waals surface area contributed by atoms with Crippen molar-refractivity contribution in [2.24, 2.45) is 7.05 Å². The van der Waals surface area contributed by atoms with Crippen LogP contribution in [0.2, 0.25) is 10.0 Å². The number of benzene rings is 1. The molecule has 0 aliphatic rings. The summed E-state index contributed by atoms with van der Waals surface area (Å²) in [5.41, 5.74) is 1.32. The number of aliphatic hydroxyl groups is 1. The van der Waals surface area contributed by atoms with Crippen molar-refractivity contribution in [1.82, 2.24) is 9.88 Å². The number of nitrogens with zero attached hydrogens (tertiary/aromatic N) is 1. The smallest absolute Gasteiger partial charge is 0.253 e. The first-order valence-electron chi connectivity index (χ1n) is 5.98. The first-order valence-corrected chi connectivity index (χ1v) is 6.74. The van der Waals surface area contributed by atoms with Crippen LogP contribution in [0, 0.1) is 0 Å². The second-order valence-electron chi connectivity index (χ2n) is 4.51. The van der Waals surface area contributed by atoms with Gasteiger partial charge in [-0.2, -0.15) is 0 Å². The maximum Gasteiger partial charge on any atom is 0.253 e. The van der Waals surface area contributed by atoms with Crippen LogP contribution in [-0.2, 0) is 18.4 Å². The molecule has 6 heteroatoms. The molecule has 106 valence electrons. The zero-order valence-corrected chi connectivity index (χ0v) is 12.3. The summed E-state index contributed by atoms with van der Waals surface area (Å²) in [7, 11) is 1.90. The standard InChI is InChI=1S/C14H14Cl2N2O2/c1-18-3-2-9(8-18)7-17-14(20)13(19)10-4-11(15)6-12(16)5-10/h2-6,8,13,19H,7H2,1H3,(H,17,20). The molecule has 1 unspecified atom stereocenters. The molecule has 1 amide bonds. The molecule has 0 bridgehead atoms. The van der Waals surface area contributed by atoms with E-state index in [1.54, 1.807) is 6.07 Å². The third kappa shape index (κ3) is 3.76. The number of halogens is 2. The Balaban J connectivity index is 2.01. The van der Waals surface area contributed by atoms with Crippen molar-refractivity contribution in [3.63, 3.8) is 0 Å². The molecular weight excluding hydrogens is 299 g/mol. The van der Waals surface area contributed by atoms with E-state index in [2.05, 4.69) is 5.32 Å². The van der Waals surface area contributed by atoms with Crippen LogP contribution < -0.4 is 5.32 Å². The number of nitrogens with one attached hydrogen (secondary N) is 1. The quantitative estimate of drug-likeness (QED) is 0.912. The fourth-order valence-electron chi connectivity index (χ4n) is 1.84. The number of aliphatic hydroxyl groups excluding tert-OH is 1. The van der Waals surface area contributed by atoms with Gasteiger partial charge in [0.1, 0.15) is 0 Å². The Labute approximate surface area is 126 Å². The molecule has 1 aromatic carbocycles. The molecule has 1 aromatic heterocycles. The molecule has 0 spiro atoms. The molecule has 20 heavy (non-hydrogen) atoms. The zero-order valence-electron chi connectivity index (χ0n) is 10.8. The minimum atomic E-state index is -1.30. The molecule has 2 N–H and O–H groups in total. The molecule has 1 heterocycles. The number of rotatable bonds is 4. The number of carbonyl (C=O) groups excluding carboxylic acids is 1. The van der Waals surface area contributed by atoms with Gasteiger partial charge in [0.05, 0.1) is 0 Å². The van der Waals surface area contributed by atoms with Crippen LogP contribution >= 0.6 is 23.2 Å². The lowest BCUT2D eigenvalue weighted by Gasteiger charge is -2.12. The van der Waals surface area contributed by atoms with Crippen molar-refractivity contribution in [2.45, 2.75) is 12.6 Å². The maximum atomic E-state index is 11.9. The number of carbonyl (C=O) groups is 1. The van der Waals surface area contributed by atoms with Crippen LogP contribution in [0.15, 0.2) is 36.7 Å². The van der Waals surface area contributed by atoms with E-state index in [0.29, 0.717) is 22.2 Å². The largest absolute Gasteiger partial charge is 0.378 e. The van der Waals surface area contributed by atoms with E-state index < -0.39 is 12.0 Å². The second kappa shape index (κ2) is 6.31. The molecular formula is C14H14Cl2N2O2. The van der Waals surface area contributed by atoms with Crippen molar-refractivity contribution in [3.05, 3.63) is 57.8 Å². The van der Waals surface area contributed by atoms with E-state index >= 15 is 0 Å². The van der Waals surface area contributed by atoms with Gasteiger partial charge in [-0.1, -0.05) is 23.2 Å². The third-order valence-corrected chi connectivity index (χ3v) is 3.25. The summed E-state index contributed by atoms with van der Waals surface area (Å²) >= 11 is 11.7. The number of hydrogen-bond donors (Lipinski definition) is 2. The molecule has 0 saturated heterocycles. The van der Waals surface area contributed by atoms with E-state index in [9.17, 15) is 9.90 Å². The van der Waals surface area contributed by atoms with Crippen LogP contribution in [0.1, 0.15) is 17.2 Å². The Hall–Kier alpha value is -1.49. The molecule has 0 radical (unpaired) electrons. The van der Waals surface area contributed by atoms with E-state index in [0.717, 1.165) is 5.56 Å². The van der Waals surface area contributed by atoms with Gasteiger partial charge in [0, 0.05) is 36.0 Å². The van der Waals surface area contributed by atoms with Crippen LogP contribution in [0.4, 0.5) is 0 Å². The minimum Gasteiger partial charge on any atom is -0.378 e. The molecule has 0 aliphatic carbocycles. The first kappa shape index (κ1) is 14.9. The van der Waals surface area contributed by atoms with Crippen LogP contribution in [0.25, 0.3) is 0 Å². The lowest BCUT2D eigenvalue weighted by Crippen LogP contribution is -2.28. The van der Waals surface area contributed by atoms with Gasteiger partial charge in [0.2, 0.25) is 0 Å². The summed E-state index contributed by atoms with van der Waals surface area (Å²) in [5.74, 6) is -0.493. The fraction of sp³-hybridized carbons (Fsp3) is 0.214. The minimum absolute atomic E-state index is 0.352. The average molecular weight is 313 g/mol. The zero-order chi connectivity index (χ0) is 14.7. The SMILES string of the molecule is Cn1ccc(CNC(=O)C(O)c2cc(Cl)cc(Cl)c2)c1. The fourth-order valence-corrected chi connectivity index (χ4v) is 2.38. The molecule has 0 aliphatic heterocycles. The predicted molar refractivity (Wildman–Crippen MR) is 78.7 cm³/mol. The molecule has 2 rings (SSSR count). The van der Waals surface area contributed by atoms with Crippen molar-refractivity contribution >= 4 is 29.1 Å². The summed E-state index contributed by atoms with van der Waals surface area (Å²) in [5, 5.41) is 13.4. The van der Waals surface area contributed by atoms with Gasteiger partial charge in [-0.3, -0.25) is 4.79 Å². The highest BCUT2D eigenvalue weighted by molar-refractivity contribution is 6.34. The summed E-state index contributed by atoms with van der Waals surface area (Å²) in [4.78, 5) is 11.9. The van der Waals surface area contributed by atoms with Crippen LogP contribution in [0.5, 0.6) is 0 Å². The van der Waals surface area contributed by atoms with Gasteiger partial charge < -0.3 is 15.0 Å². The first-order chi connectivity index (χ1) is 9.45. The number of aryl methyl sites for hydroxylation is 1. The van der Waals surface area contributed by atoms with Gasteiger partial charge in [0.15, 0.2) is 6.10 Å². The normalized spacial score (nSPS) is 12.2. The predicted octanol–water partition coefficient (Wildman–Crippen LogP) is 2.68. The average Bonchev–Trinajstić information content (AvgIpc) is 2.79. The highest BCUT2D eigenvalue weighted by Crippen LogP contribution is 2.23. The van der Waals surface area contributed by atoms with Crippen molar-refractivity contribution in [1.29, 1.82) is 0 Å². The Bertz CT molecular complexity index is 605. The van der Waals surface area contributed by atoms with Crippen molar-refractivity contribution in [2.75, 3.05) is 0 Å². The molecule has 1 atom stereocenters. The van der Waals surface area contributed by atoms with Gasteiger partial charge in [0.25, 0.3) is 5.91 Å². The van der Waals surface area contributed by atoms with Crippen molar-refractivity contribution < 1.29 is 9.90 Å². The Morgan fingerprint density at radius 2 is 2.00 bits per heavy atom. The van der Waals surface area contributed by atoms with Gasteiger partial charge in [-0.05, 0) is 35.4 Å². The topological polar surface area (TPSA) is 54.3 Å². The van der Waals surface area contributed by atoms with Crippen LogP contribution in [-0.4, -0.2) is 15.6 Å². The highest BCUT2D eigenvalue weighted by Gasteiger charge is 2.18. The monoisotopic (exact) mass is 312 g/mol. The lowest BCUT2D eigenvalue weighted by molar-refractivity contribution is -0.129. The Kier molecular flexibility index (Phi) is 4.70. The van der Waals surface area contributed by atoms with Gasteiger partial charge in [-0.15, -0.1) is 0 Å². The molecule has 0 saturated carbocycles. The summed E-state index contributed by atoms with van der Waals surface area (Å²) in [6, 6.07) is 6.46. The molecule has 0 fully saturated rings. The molecule has 2 aromatic rings. The van der Waals surface area contributed by atoms with E-state index in [1.165, 1.54) is 12.1 Å². The Morgan fingerprint density at radius 3 is 2.55 bits per heavy atom. The van der Waals surface area contributed by atoms with E-state index in [1.807, 2.05) is 30.1 Å². The van der Waals surface area contributed by atoms with E-state index in [-0.39, 0.29) is 0 Å². The molecule has 4 nitrogen and oxygen atoms in total. The number of hydrogen-bond acceptors (Lipinski definition) is 2. The highest BCUT2D eigenvalue weighted by atomic mass is 35.5. The maximum absolute atomic E-state index is 11.9. The summed E-state index contributed by atoms with van der Waals surface area (Å²) < 4.78 is 1.88. The van der Waals surface area contributed by atoms with Gasteiger partial charge in [-0.25, -0.2) is 0 Å².